The first-order valence-electron chi connectivity index (χ1n) is 8.88. The summed E-state index contributed by atoms with van der Waals surface area (Å²) in [5.41, 5.74) is 1.02. The number of methoxy groups -OCH3 is 1. The third-order valence-corrected chi connectivity index (χ3v) is 4.95. The molecule has 0 spiro atoms. The summed E-state index contributed by atoms with van der Waals surface area (Å²) in [6.45, 7) is 0. The van der Waals surface area contributed by atoms with Crippen LogP contribution in [0.5, 0.6) is 0 Å². The van der Waals surface area contributed by atoms with E-state index < -0.39 is 12.0 Å². The van der Waals surface area contributed by atoms with Crippen LogP contribution in [-0.4, -0.2) is 30.9 Å². The molecule has 25 heavy (non-hydrogen) atoms. The molecule has 1 aromatic rings. The van der Waals surface area contributed by atoms with E-state index in [2.05, 4.69) is 10.6 Å². The van der Waals surface area contributed by atoms with Gasteiger partial charge >= 0.3 is 5.97 Å². The van der Waals surface area contributed by atoms with Crippen LogP contribution in [-0.2, 0) is 14.3 Å². The van der Waals surface area contributed by atoms with Crippen LogP contribution in [0.3, 0.4) is 0 Å². The quantitative estimate of drug-likeness (QED) is 0.777. The molecule has 2 N–H and O–H groups in total. The second kappa shape index (κ2) is 7.68. The molecule has 6 heteroatoms. The van der Waals surface area contributed by atoms with E-state index in [4.69, 9.17) is 4.74 Å². The molecule has 1 atom stereocenters. The first-order valence-corrected chi connectivity index (χ1v) is 8.88. The second-order valence-electron chi connectivity index (χ2n) is 6.86. The number of ether oxygens (including phenoxy) is 1. The molecule has 2 fully saturated rings. The first-order chi connectivity index (χ1) is 12.1. The van der Waals surface area contributed by atoms with E-state index in [0.717, 1.165) is 38.5 Å². The Kier molecular flexibility index (Phi) is 5.36. The fraction of sp³-hybridized carbons (Fsp3) is 0.526. The van der Waals surface area contributed by atoms with Crippen LogP contribution in [0.15, 0.2) is 24.3 Å². The van der Waals surface area contributed by atoms with Crippen LogP contribution < -0.4 is 10.6 Å². The Bertz CT molecular complexity index is 663. The Morgan fingerprint density at radius 3 is 2.48 bits per heavy atom. The maximum atomic E-state index is 12.5. The SMILES string of the molecule is COC(=O)[C@@H](NC(=O)c1cccc(NC(=O)C2CCCC2)c1)C1CC1. The minimum Gasteiger partial charge on any atom is -0.467 e. The zero-order chi connectivity index (χ0) is 17.8. The number of hydrogen-bond donors (Lipinski definition) is 2. The first kappa shape index (κ1) is 17.5. The van der Waals surface area contributed by atoms with Gasteiger partial charge in [-0.15, -0.1) is 0 Å². The van der Waals surface area contributed by atoms with E-state index in [1.54, 1.807) is 24.3 Å². The van der Waals surface area contributed by atoms with Gasteiger partial charge in [0, 0.05) is 17.2 Å². The number of carbonyl (C=O) groups is 3. The summed E-state index contributed by atoms with van der Waals surface area (Å²) in [6, 6.07) is 6.20. The van der Waals surface area contributed by atoms with Gasteiger partial charge in [0.2, 0.25) is 5.91 Å². The molecular weight excluding hydrogens is 320 g/mol. The third kappa shape index (κ3) is 4.38. The van der Waals surface area contributed by atoms with Crippen molar-refractivity contribution in [1.82, 2.24) is 5.32 Å². The van der Waals surface area contributed by atoms with Gasteiger partial charge in [0.05, 0.1) is 7.11 Å². The minimum absolute atomic E-state index is 0.0143. The topological polar surface area (TPSA) is 84.5 Å². The highest BCUT2D eigenvalue weighted by molar-refractivity contribution is 5.99. The van der Waals surface area contributed by atoms with Gasteiger partial charge in [0.1, 0.15) is 6.04 Å². The van der Waals surface area contributed by atoms with Crippen molar-refractivity contribution in [2.75, 3.05) is 12.4 Å². The van der Waals surface area contributed by atoms with Crippen molar-refractivity contribution < 1.29 is 19.1 Å². The molecule has 2 amide bonds. The van der Waals surface area contributed by atoms with Crippen molar-refractivity contribution in [3.8, 4) is 0 Å². The third-order valence-electron chi connectivity index (χ3n) is 4.95. The van der Waals surface area contributed by atoms with E-state index in [0.29, 0.717) is 11.3 Å². The van der Waals surface area contributed by atoms with E-state index in [9.17, 15) is 14.4 Å². The molecule has 6 nitrogen and oxygen atoms in total. The Morgan fingerprint density at radius 2 is 1.84 bits per heavy atom. The molecule has 2 aliphatic rings. The van der Waals surface area contributed by atoms with Crippen LogP contribution in [0.1, 0.15) is 48.9 Å². The maximum Gasteiger partial charge on any atom is 0.328 e. The molecule has 2 aliphatic carbocycles. The van der Waals surface area contributed by atoms with Crippen molar-refractivity contribution >= 4 is 23.5 Å². The van der Waals surface area contributed by atoms with Crippen molar-refractivity contribution in [3.63, 3.8) is 0 Å². The molecular formula is C19H24N2O4. The average molecular weight is 344 g/mol. The molecule has 0 heterocycles. The van der Waals surface area contributed by atoms with Gasteiger partial charge in [-0.05, 0) is 49.8 Å². The Hall–Kier alpha value is -2.37. The molecule has 3 rings (SSSR count). The van der Waals surface area contributed by atoms with Gasteiger partial charge < -0.3 is 15.4 Å². The van der Waals surface area contributed by atoms with Crippen molar-refractivity contribution in [3.05, 3.63) is 29.8 Å². The molecule has 0 radical (unpaired) electrons. The van der Waals surface area contributed by atoms with Gasteiger partial charge in [-0.2, -0.15) is 0 Å². The van der Waals surface area contributed by atoms with E-state index in [1.165, 1.54) is 7.11 Å². The summed E-state index contributed by atoms with van der Waals surface area (Å²) in [7, 11) is 1.32. The van der Waals surface area contributed by atoms with Crippen molar-refractivity contribution in [2.45, 2.75) is 44.6 Å². The average Bonchev–Trinajstić information content (AvgIpc) is 3.31. The van der Waals surface area contributed by atoms with Crippen LogP contribution >= 0.6 is 0 Å². The Balaban J connectivity index is 1.64. The number of amides is 2. The fourth-order valence-corrected chi connectivity index (χ4v) is 3.32. The van der Waals surface area contributed by atoms with Gasteiger partial charge in [0.15, 0.2) is 0 Å². The summed E-state index contributed by atoms with van der Waals surface area (Å²) in [5, 5.41) is 5.65. The molecule has 0 saturated heterocycles. The number of nitrogens with one attached hydrogen (secondary N) is 2. The number of anilines is 1. The molecule has 1 aromatic carbocycles. The number of benzene rings is 1. The summed E-state index contributed by atoms with van der Waals surface area (Å²) in [4.78, 5) is 36.5. The van der Waals surface area contributed by atoms with Crippen LogP contribution in [0.4, 0.5) is 5.69 Å². The predicted molar refractivity (Wildman–Crippen MR) is 93.0 cm³/mol. The zero-order valence-electron chi connectivity index (χ0n) is 14.4. The minimum atomic E-state index is -0.603. The monoisotopic (exact) mass is 344 g/mol. The maximum absolute atomic E-state index is 12.5. The normalized spacial score (nSPS) is 18.4. The molecule has 0 bridgehead atoms. The predicted octanol–water partition coefficient (Wildman–Crippen LogP) is 2.50. The smallest absolute Gasteiger partial charge is 0.328 e. The molecule has 0 aromatic heterocycles. The van der Waals surface area contributed by atoms with Gasteiger partial charge in [-0.25, -0.2) is 4.79 Å². The molecule has 0 aliphatic heterocycles. The zero-order valence-corrected chi connectivity index (χ0v) is 14.4. The highest BCUT2D eigenvalue weighted by Crippen LogP contribution is 2.33. The van der Waals surface area contributed by atoms with E-state index in [1.807, 2.05) is 0 Å². The lowest BCUT2D eigenvalue weighted by Crippen LogP contribution is -2.43. The second-order valence-corrected chi connectivity index (χ2v) is 6.86. The van der Waals surface area contributed by atoms with E-state index >= 15 is 0 Å². The Morgan fingerprint density at radius 1 is 1.12 bits per heavy atom. The van der Waals surface area contributed by atoms with E-state index in [-0.39, 0.29) is 23.7 Å². The summed E-state index contributed by atoms with van der Waals surface area (Å²) >= 11 is 0. The summed E-state index contributed by atoms with van der Waals surface area (Å²) < 4.78 is 4.77. The highest BCUT2D eigenvalue weighted by atomic mass is 16.5. The number of rotatable bonds is 6. The van der Waals surface area contributed by atoms with Crippen LogP contribution in [0.25, 0.3) is 0 Å². The summed E-state index contributed by atoms with van der Waals surface area (Å²) in [5.74, 6) is -0.515. The standard InChI is InChI=1S/C19H24N2O4/c1-25-19(24)16(12-9-10-12)21-18(23)14-7-4-8-15(11-14)20-17(22)13-5-2-3-6-13/h4,7-8,11-13,16H,2-3,5-6,9-10H2,1H3,(H,20,22)(H,21,23)/t16-/m0/s1. The molecule has 134 valence electrons. The number of carbonyl (C=O) groups excluding carboxylic acids is 3. The molecule has 2 saturated carbocycles. The number of esters is 1. The van der Waals surface area contributed by atoms with Crippen LogP contribution in [0, 0.1) is 11.8 Å². The fourth-order valence-electron chi connectivity index (χ4n) is 3.32. The molecule has 0 unspecified atom stereocenters. The summed E-state index contributed by atoms with van der Waals surface area (Å²) in [6.07, 6.45) is 5.87. The van der Waals surface area contributed by atoms with Gasteiger partial charge in [0.25, 0.3) is 5.91 Å². The lowest BCUT2D eigenvalue weighted by molar-refractivity contribution is -0.143. The lowest BCUT2D eigenvalue weighted by atomic mass is 10.1. The lowest BCUT2D eigenvalue weighted by Gasteiger charge is -2.16. The van der Waals surface area contributed by atoms with Gasteiger partial charge in [-0.3, -0.25) is 9.59 Å². The van der Waals surface area contributed by atoms with Crippen LogP contribution in [0.2, 0.25) is 0 Å². The highest BCUT2D eigenvalue weighted by Gasteiger charge is 2.38. The number of hydrogen-bond acceptors (Lipinski definition) is 4. The van der Waals surface area contributed by atoms with Gasteiger partial charge in [-0.1, -0.05) is 18.9 Å². The Labute approximate surface area is 147 Å². The largest absolute Gasteiger partial charge is 0.467 e. The van der Waals surface area contributed by atoms with Crippen molar-refractivity contribution in [2.24, 2.45) is 11.8 Å². The van der Waals surface area contributed by atoms with Crippen molar-refractivity contribution in [1.29, 1.82) is 0 Å².